The van der Waals surface area contributed by atoms with Crippen molar-refractivity contribution in [3.05, 3.63) is 21.2 Å². The summed E-state index contributed by atoms with van der Waals surface area (Å²) in [7, 11) is 1.59. The van der Waals surface area contributed by atoms with E-state index in [0.717, 1.165) is 21.2 Å². The third-order valence-electron chi connectivity index (χ3n) is 2.60. The molecule has 16 heavy (non-hydrogen) atoms. The van der Waals surface area contributed by atoms with Gasteiger partial charge >= 0.3 is 0 Å². The van der Waals surface area contributed by atoms with Crippen molar-refractivity contribution >= 4 is 39.5 Å². The number of anilines is 1. The highest BCUT2D eigenvalue weighted by Gasteiger charge is 2.17. The zero-order valence-corrected chi connectivity index (χ0v) is 12.1. The lowest BCUT2D eigenvalue weighted by atomic mass is 10.0. The SMILES string of the molecule is COc1c(C)c(C)c(Br)c(C)c1NC(=O)S. The average Bonchev–Trinajstić information content (AvgIpc) is 2.23. The van der Waals surface area contributed by atoms with Gasteiger partial charge in [0.15, 0.2) is 0 Å². The van der Waals surface area contributed by atoms with Gasteiger partial charge in [-0.25, -0.2) is 0 Å². The van der Waals surface area contributed by atoms with Gasteiger partial charge in [-0.2, -0.15) is 0 Å². The summed E-state index contributed by atoms with van der Waals surface area (Å²) < 4.78 is 6.30. The second-order valence-electron chi connectivity index (χ2n) is 3.53. The van der Waals surface area contributed by atoms with Crippen LogP contribution in [0.1, 0.15) is 16.7 Å². The monoisotopic (exact) mass is 303 g/mol. The van der Waals surface area contributed by atoms with Crippen LogP contribution < -0.4 is 10.1 Å². The van der Waals surface area contributed by atoms with Crippen LogP contribution in [-0.2, 0) is 0 Å². The zero-order valence-electron chi connectivity index (χ0n) is 9.64. The molecule has 0 spiro atoms. The number of carbonyl (C=O) groups excluding carboxylic acids is 1. The summed E-state index contributed by atoms with van der Waals surface area (Å²) in [6.45, 7) is 5.87. The van der Waals surface area contributed by atoms with Crippen LogP contribution in [0.15, 0.2) is 4.47 Å². The molecule has 0 fully saturated rings. The van der Waals surface area contributed by atoms with Gasteiger partial charge in [0.05, 0.1) is 12.8 Å². The molecule has 0 saturated carbocycles. The summed E-state index contributed by atoms with van der Waals surface area (Å²) >= 11 is 7.22. The average molecular weight is 304 g/mol. The summed E-state index contributed by atoms with van der Waals surface area (Å²) in [6, 6.07) is 0. The number of rotatable bonds is 2. The molecule has 5 heteroatoms. The molecule has 1 N–H and O–H groups in total. The fraction of sp³-hybridized carbons (Fsp3) is 0.364. The van der Waals surface area contributed by atoms with E-state index in [1.807, 2.05) is 20.8 Å². The van der Waals surface area contributed by atoms with Crippen LogP contribution >= 0.6 is 28.6 Å². The van der Waals surface area contributed by atoms with Crippen LogP contribution in [0.3, 0.4) is 0 Å². The maximum absolute atomic E-state index is 11.0. The topological polar surface area (TPSA) is 38.3 Å². The van der Waals surface area contributed by atoms with Crippen molar-refractivity contribution in [2.45, 2.75) is 20.8 Å². The maximum Gasteiger partial charge on any atom is 0.280 e. The number of amides is 1. The van der Waals surface area contributed by atoms with Crippen LogP contribution in [0.4, 0.5) is 10.5 Å². The van der Waals surface area contributed by atoms with E-state index >= 15 is 0 Å². The second-order valence-corrected chi connectivity index (χ2v) is 4.73. The third kappa shape index (κ3) is 2.35. The Hall–Kier alpha value is -0.680. The molecular formula is C11H14BrNO2S. The molecule has 0 bridgehead atoms. The molecule has 1 rings (SSSR count). The van der Waals surface area contributed by atoms with Gasteiger partial charge < -0.3 is 10.1 Å². The Labute approximate surface area is 109 Å². The molecule has 0 aliphatic rings. The number of hydrogen-bond donors (Lipinski definition) is 2. The van der Waals surface area contributed by atoms with E-state index in [2.05, 4.69) is 33.9 Å². The Bertz CT molecular complexity index is 446. The van der Waals surface area contributed by atoms with E-state index in [0.29, 0.717) is 11.4 Å². The number of nitrogens with one attached hydrogen (secondary N) is 1. The summed E-state index contributed by atoms with van der Waals surface area (Å²) in [5.74, 6) is 0.681. The van der Waals surface area contributed by atoms with Gasteiger partial charge in [-0.05, 0) is 37.5 Å². The normalized spacial score (nSPS) is 10.1. The van der Waals surface area contributed by atoms with Gasteiger partial charge in [-0.3, -0.25) is 4.79 Å². The van der Waals surface area contributed by atoms with Crippen molar-refractivity contribution in [2.24, 2.45) is 0 Å². The Morgan fingerprint density at radius 1 is 1.25 bits per heavy atom. The lowest BCUT2D eigenvalue weighted by Gasteiger charge is -2.18. The fourth-order valence-electron chi connectivity index (χ4n) is 1.60. The van der Waals surface area contributed by atoms with Crippen molar-refractivity contribution < 1.29 is 9.53 Å². The van der Waals surface area contributed by atoms with Crippen molar-refractivity contribution in [1.29, 1.82) is 0 Å². The minimum atomic E-state index is -0.406. The number of thiol groups is 1. The van der Waals surface area contributed by atoms with Crippen molar-refractivity contribution in [1.82, 2.24) is 0 Å². The first-order valence-corrected chi connectivity index (χ1v) is 5.97. The van der Waals surface area contributed by atoms with Crippen LogP contribution in [0.2, 0.25) is 0 Å². The Kier molecular flexibility index (Phi) is 4.27. The molecule has 0 radical (unpaired) electrons. The minimum absolute atomic E-state index is 0.406. The molecule has 3 nitrogen and oxygen atoms in total. The van der Waals surface area contributed by atoms with E-state index in [-0.39, 0.29) is 0 Å². The second kappa shape index (κ2) is 5.10. The quantitative estimate of drug-likeness (QED) is 0.815. The van der Waals surface area contributed by atoms with E-state index in [9.17, 15) is 4.79 Å². The number of ether oxygens (including phenoxy) is 1. The number of halogens is 1. The van der Waals surface area contributed by atoms with E-state index in [1.54, 1.807) is 7.11 Å². The number of carbonyl (C=O) groups is 1. The summed E-state index contributed by atoms with van der Waals surface area (Å²) in [4.78, 5) is 11.0. The van der Waals surface area contributed by atoms with Gasteiger partial charge in [0.1, 0.15) is 5.75 Å². The smallest absolute Gasteiger partial charge is 0.280 e. The van der Waals surface area contributed by atoms with Crippen LogP contribution in [0.25, 0.3) is 0 Å². The van der Waals surface area contributed by atoms with Crippen molar-refractivity contribution in [3.8, 4) is 5.75 Å². The lowest BCUT2D eigenvalue weighted by Crippen LogP contribution is -2.07. The summed E-state index contributed by atoms with van der Waals surface area (Å²) in [5.41, 5.74) is 3.70. The van der Waals surface area contributed by atoms with Gasteiger partial charge in [0.25, 0.3) is 5.24 Å². The number of methoxy groups -OCH3 is 1. The Morgan fingerprint density at radius 2 is 1.81 bits per heavy atom. The molecule has 0 aromatic heterocycles. The fourth-order valence-corrected chi connectivity index (χ4v) is 2.20. The minimum Gasteiger partial charge on any atom is -0.494 e. The molecule has 0 saturated heterocycles. The van der Waals surface area contributed by atoms with Gasteiger partial charge in [0, 0.05) is 4.47 Å². The third-order valence-corrected chi connectivity index (χ3v) is 3.90. The highest BCUT2D eigenvalue weighted by molar-refractivity contribution is 9.10. The van der Waals surface area contributed by atoms with Crippen LogP contribution in [-0.4, -0.2) is 12.3 Å². The zero-order chi connectivity index (χ0) is 12.5. The van der Waals surface area contributed by atoms with Crippen LogP contribution in [0.5, 0.6) is 5.75 Å². The Balaban J connectivity index is 3.50. The summed E-state index contributed by atoms with van der Waals surface area (Å²) in [5, 5.41) is 2.27. The molecule has 1 amide bonds. The van der Waals surface area contributed by atoms with Gasteiger partial charge in [-0.1, -0.05) is 28.6 Å². The largest absolute Gasteiger partial charge is 0.494 e. The molecule has 0 heterocycles. The van der Waals surface area contributed by atoms with E-state index in [1.165, 1.54) is 0 Å². The van der Waals surface area contributed by atoms with E-state index in [4.69, 9.17) is 4.74 Å². The number of hydrogen-bond acceptors (Lipinski definition) is 2. The van der Waals surface area contributed by atoms with Gasteiger partial charge in [-0.15, -0.1) is 0 Å². The molecule has 1 aromatic rings. The van der Waals surface area contributed by atoms with Gasteiger partial charge in [0.2, 0.25) is 0 Å². The molecule has 0 unspecified atom stereocenters. The molecule has 0 aliphatic carbocycles. The highest BCUT2D eigenvalue weighted by atomic mass is 79.9. The van der Waals surface area contributed by atoms with Crippen LogP contribution in [0, 0.1) is 20.8 Å². The molecule has 0 aliphatic heterocycles. The predicted octanol–water partition coefficient (Wildman–Crippen LogP) is 3.84. The molecular weight excluding hydrogens is 290 g/mol. The predicted molar refractivity (Wildman–Crippen MR) is 72.9 cm³/mol. The first kappa shape index (κ1) is 13.4. The molecule has 0 atom stereocenters. The standard InChI is InChI=1S/C11H14BrNO2S/c1-5-6(2)10(15-4)9(13-11(14)16)7(3)8(5)12/h1-4H3,(H2,13,14,16). The van der Waals surface area contributed by atoms with E-state index < -0.39 is 5.24 Å². The van der Waals surface area contributed by atoms with Crippen molar-refractivity contribution in [3.63, 3.8) is 0 Å². The lowest BCUT2D eigenvalue weighted by molar-refractivity contribution is 0.270. The molecule has 1 aromatic carbocycles. The maximum atomic E-state index is 11.0. The molecule has 88 valence electrons. The first-order chi connectivity index (χ1) is 7.40. The first-order valence-electron chi connectivity index (χ1n) is 4.73. The number of benzene rings is 1. The Morgan fingerprint density at radius 3 is 2.25 bits per heavy atom. The summed E-state index contributed by atoms with van der Waals surface area (Å²) in [6.07, 6.45) is 0. The van der Waals surface area contributed by atoms with Crippen molar-refractivity contribution in [2.75, 3.05) is 12.4 Å². The highest BCUT2D eigenvalue weighted by Crippen LogP contribution is 2.39.